The summed E-state index contributed by atoms with van der Waals surface area (Å²) in [6.45, 7) is -0.523. The van der Waals surface area contributed by atoms with E-state index in [1.165, 1.54) is 36.4 Å². The molecule has 0 unspecified atom stereocenters. The number of rotatable bonds is 9. The van der Waals surface area contributed by atoms with Gasteiger partial charge in [-0.3, -0.25) is 9.59 Å². The van der Waals surface area contributed by atoms with Crippen LogP contribution in [0.4, 0.5) is 18.9 Å². The van der Waals surface area contributed by atoms with Crippen molar-refractivity contribution in [3.05, 3.63) is 59.7 Å². The number of amides is 2. The molecule has 0 spiro atoms. The second kappa shape index (κ2) is 10.6. The van der Waals surface area contributed by atoms with Crippen LogP contribution in [0.15, 0.2) is 53.4 Å². The van der Waals surface area contributed by atoms with E-state index in [0.29, 0.717) is 18.8 Å². The summed E-state index contributed by atoms with van der Waals surface area (Å²) >= 11 is 0. The lowest BCUT2D eigenvalue weighted by Crippen LogP contribution is -2.33. The first-order chi connectivity index (χ1) is 14.8. The summed E-state index contributed by atoms with van der Waals surface area (Å²) in [4.78, 5) is 25.6. The first kappa shape index (κ1) is 25.3. The number of benzene rings is 2. The minimum Gasteiger partial charge on any atom is -0.343 e. The van der Waals surface area contributed by atoms with E-state index in [-0.39, 0.29) is 22.8 Å². The van der Waals surface area contributed by atoms with Crippen LogP contribution < -0.4 is 15.8 Å². The molecule has 0 aliphatic rings. The quantitative estimate of drug-likeness (QED) is 0.516. The van der Waals surface area contributed by atoms with Gasteiger partial charge in [0.1, 0.15) is 6.54 Å². The summed E-state index contributed by atoms with van der Waals surface area (Å²) < 4.78 is 59.0. The first-order valence-electron chi connectivity index (χ1n) is 9.38. The fourth-order valence-corrected chi connectivity index (χ4v) is 3.19. The van der Waals surface area contributed by atoms with Gasteiger partial charge in [0.25, 0.3) is 5.91 Å². The number of carbonyl (C=O) groups excluding carboxylic acids is 2. The summed E-state index contributed by atoms with van der Waals surface area (Å²) in [7, 11) is -2.01. The Morgan fingerprint density at radius 2 is 1.62 bits per heavy atom. The van der Waals surface area contributed by atoms with Crippen LogP contribution in [0.2, 0.25) is 0 Å². The van der Waals surface area contributed by atoms with Gasteiger partial charge in [-0.15, -0.1) is 0 Å². The van der Waals surface area contributed by atoms with Crippen LogP contribution in [0.1, 0.15) is 22.3 Å². The summed E-state index contributed by atoms with van der Waals surface area (Å²) in [6.07, 6.45) is -4.30. The van der Waals surface area contributed by atoms with Crippen molar-refractivity contribution in [1.29, 1.82) is 0 Å². The van der Waals surface area contributed by atoms with Gasteiger partial charge in [0.05, 0.1) is 4.90 Å². The number of nitrogens with two attached hydrogens (primary N) is 1. The fourth-order valence-electron chi connectivity index (χ4n) is 2.68. The number of primary sulfonamides is 1. The Kier molecular flexibility index (Phi) is 8.36. The highest BCUT2D eigenvalue weighted by Gasteiger charge is 2.27. The molecule has 0 aliphatic carbocycles. The monoisotopic (exact) mass is 472 g/mol. The van der Waals surface area contributed by atoms with Crippen LogP contribution in [0.3, 0.4) is 0 Å². The number of sulfonamides is 1. The van der Waals surface area contributed by atoms with E-state index in [1.807, 2.05) is 10.2 Å². The van der Waals surface area contributed by atoms with E-state index < -0.39 is 28.7 Å². The van der Waals surface area contributed by atoms with Crippen LogP contribution >= 0.6 is 0 Å². The Labute approximate surface area is 183 Å². The van der Waals surface area contributed by atoms with Crippen molar-refractivity contribution in [3.8, 4) is 0 Å². The van der Waals surface area contributed by atoms with Crippen molar-refractivity contribution < 1.29 is 31.2 Å². The van der Waals surface area contributed by atoms with Crippen molar-refractivity contribution in [2.75, 3.05) is 25.5 Å². The van der Waals surface area contributed by atoms with Gasteiger partial charge in [0.15, 0.2) is 0 Å². The van der Waals surface area contributed by atoms with E-state index in [1.54, 1.807) is 19.2 Å². The highest BCUT2D eigenvalue weighted by atomic mass is 32.2. The minimum atomic E-state index is -4.47. The number of halogens is 3. The van der Waals surface area contributed by atoms with Crippen LogP contribution in [0, 0.1) is 0 Å². The molecule has 2 rings (SSSR count). The number of alkyl halides is 3. The summed E-state index contributed by atoms with van der Waals surface area (Å²) in [5, 5.41) is 9.49. The largest absolute Gasteiger partial charge is 0.405 e. The van der Waals surface area contributed by atoms with Crippen molar-refractivity contribution in [1.82, 2.24) is 10.2 Å². The number of carbonyl (C=O) groups is 2. The van der Waals surface area contributed by atoms with E-state index in [9.17, 15) is 31.2 Å². The Morgan fingerprint density at radius 1 is 1.03 bits per heavy atom. The molecule has 12 heteroatoms. The smallest absolute Gasteiger partial charge is 0.343 e. The van der Waals surface area contributed by atoms with Crippen LogP contribution in [-0.2, 0) is 21.4 Å². The third-order valence-electron chi connectivity index (χ3n) is 4.31. The van der Waals surface area contributed by atoms with E-state index in [4.69, 9.17) is 5.14 Å². The number of nitrogens with zero attached hydrogens (tertiary/aromatic N) is 1. The molecule has 2 amide bonds. The highest BCUT2D eigenvalue weighted by Crippen LogP contribution is 2.14. The molecular weight excluding hydrogens is 449 g/mol. The molecule has 0 radical (unpaired) electrons. The maximum absolute atomic E-state index is 12.2. The van der Waals surface area contributed by atoms with Crippen molar-refractivity contribution in [2.45, 2.75) is 24.0 Å². The van der Waals surface area contributed by atoms with Crippen LogP contribution in [0.5, 0.6) is 0 Å². The van der Waals surface area contributed by atoms with Gasteiger partial charge in [-0.1, -0.05) is 12.1 Å². The van der Waals surface area contributed by atoms with Crippen LogP contribution in [-0.4, -0.2) is 51.4 Å². The maximum Gasteiger partial charge on any atom is 0.405 e. The van der Waals surface area contributed by atoms with Gasteiger partial charge >= 0.3 is 6.18 Å². The van der Waals surface area contributed by atoms with E-state index in [2.05, 4.69) is 5.32 Å². The zero-order chi connectivity index (χ0) is 23.9. The molecule has 2 aromatic rings. The highest BCUT2D eigenvalue weighted by molar-refractivity contribution is 7.89. The lowest BCUT2D eigenvalue weighted by Gasteiger charge is -2.17. The molecular formula is C20H23F3N4O4S. The fraction of sp³-hybridized carbons (Fsp3) is 0.300. The van der Waals surface area contributed by atoms with Gasteiger partial charge in [0.2, 0.25) is 15.9 Å². The maximum atomic E-state index is 12.2. The Hall–Kier alpha value is -2.96. The van der Waals surface area contributed by atoms with Crippen molar-refractivity contribution in [2.24, 2.45) is 5.14 Å². The topological polar surface area (TPSA) is 122 Å². The molecule has 8 nitrogen and oxygen atoms in total. The summed E-state index contributed by atoms with van der Waals surface area (Å²) in [5.74, 6) is -1.08. The van der Waals surface area contributed by atoms with Gasteiger partial charge in [-0.25, -0.2) is 13.6 Å². The average Bonchev–Trinajstić information content (AvgIpc) is 2.70. The summed E-state index contributed by atoms with van der Waals surface area (Å²) in [5.41, 5.74) is 1.37. The molecule has 0 aromatic heterocycles. The average molecular weight is 472 g/mol. The Morgan fingerprint density at radius 3 is 2.16 bits per heavy atom. The normalized spacial score (nSPS) is 11.9. The minimum absolute atomic E-state index is 0.0564. The predicted molar refractivity (Wildman–Crippen MR) is 112 cm³/mol. The molecule has 0 saturated carbocycles. The SMILES string of the molecule is CN(CCC(=O)Nc1ccc(S(N)(=O)=O)cc1)Cc1ccc(C(=O)NCC(F)(F)F)cc1. The zero-order valence-corrected chi connectivity index (χ0v) is 18.0. The molecule has 174 valence electrons. The number of anilines is 1. The van der Waals surface area contributed by atoms with Gasteiger partial charge < -0.3 is 15.5 Å². The summed E-state index contributed by atoms with van der Waals surface area (Å²) in [6, 6.07) is 11.6. The standard InChI is InChI=1S/C20H23F3N4O4S/c1-27(11-10-18(28)26-16-6-8-17(9-7-16)32(24,30)31)12-14-2-4-15(5-3-14)19(29)25-13-20(21,22)23/h2-9H,10-13H2,1H3,(H,25,29)(H,26,28)(H2,24,30,31). The zero-order valence-electron chi connectivity index (χ0n) is 17.1. The Bertz CT molecular complexity index is 1040. The molecule has 32 heavy (non-hydrogen) atoms. The lowest BCUT2D eigenvalue weighted by molar-refractivity contribution is -0.123. The van der Waals surface area contributed by atoms with Gasteiger partial charge in [0, 0.05) is 30.8 Å². The number of hydrogen-bond acceptors (Lipinski definition) is 5. The second-order valence-electron chi connectivity index (χ2n) is 7.10. The first-order valence-corrected chi connectivity index (χ1v) is 10.9. The molecule has 0 saturated heterocycles. The number of hydrogen-bond donors (Lipinski definition) is 3. The van der Waals surface area contributed by atoms with Crippen molar-refractivity contribution >= 4 is 27.5 Å². The van der Waals surface area contributed by atoms with Gasteiger partial charge in [-0.2, -0.15) is 13.2 Å². The third-order valence-corrected chi connectivity index (χ3v) is 5.23. The van der Waals surface area contributed by atoms with Crippen LogP contribution in [0.25, 0.3) is 0 Å². The second-order valence-corrected chi connectivity index (χ2v) is 8.66. The molecule has 0 fully saturated rings. The Balaban J connectivity index is 1.79. The molecule has 0 heterocycles. The molecule has 0 aliphatic heterocycles. The predicted octanol–water partition coefficient (Wildman–Crippen LogP) is 2.09. The van der Waals surface area contributed by atoms with Crippen molar-refractivity contribution in [3.63, 3.8) is 0 Å². The van der Waals surface area contributed by atoms with Gasteiger partial charge in [-0.05, 0) is 49.0 Å². The third kappa shape index (κ3) is 8.65. The number of nitrogens with one attached hydrogen (secondary N) is 2. The lowest BCUT2D eigenvalue weighted by atomic mass is 10.1. The molecule has 2 aromatic carbocycles. The molecule has 0 atom stereocenters. The molecule has 4 N–H and O–H groups in total. The molecule has 0 bridgehead atoms. The van der Waals surface area contributed by atoms with E-state index >= 15 is 0 Å². The van der Waals surface area contributed by atoms with E-state index in [0.717, 1.165) is 5.56 Å².